The number of fused-ring (bicyclic) bond motifs is 1. The Labute approximate surface area is 143 Å². The van der Waals surface area contributed by atoms with Crippen LogP contribution in [-0.4, -0.2) is 33.3 Å². The first-order valence-electron chi connectivity index (χ1n) is 7.94. The summed E-state index contributed by atoms with van der Waals surface area (Å²) in [5.41, 5.74) is 2.00. The highest BCUT2D eigenvalue weighted by Gasteiger charge is 2.41. The maximum Gasteiger partial charge on any atom is 0.406 e. The molecule has 0 spiro atoms. The summed E-state index contributed by atoms with van der Waals surface area (Å²) in [6.45, 7) is 2.50. The van der Waals surface area contributed by atoms with Gasteiger partial charge in [0.15, 0.2) is 0 Å². The highest BCUT2D eigenvalue weighted by atomic mass is 19.4. The Kier molecular flexibility index (Phi) is 4.22. The normalized spacial score (nSPS) is 17.6. The van der Waals surface area contributed by atoms with E-state index in [1.54, 1.807) is 36.1 Å². The summed E-state index contributed by atoms with van der Waals surface area (Å²) in [6.07, 6.45) is -3.75. The van der Waals surface area contributed by atoms with Gasteiger partial charge in [-0.25, -0.2) is 0 Å². The predicted octanol–water partition coefficient (Wildman–Crippen LogP) is 3.67. The summed E-state index contributed by atoms with van der Waals surface area (Å²) < 4.78 is 40.9. The smallest absolute Gasteiger partial charge is 0.361 e. The van der Waals surface area contributed by atoms with Crippen molar-refractivity contribution in [1.29, 1.82) is 0 Å². The summed E-state index contributed by atoms with van der Waals surface area (Å²) >= 11 is 0. The van der Waals surface area contributed by atoms with Crippen molar-refractivity contribution in [3.63, 3.8) is 0 Å². The molecule has 134 valence electrons. The zero-order valence-corrected chi connectivity index (χ0v) is 14.1. The highest BCUT2D eigenvalue weighted by Crippen LogP contribution is 2.37. The number of hydrogen-bond acceptors (Lipinski definition) is 3. The summed E-state index contributed by atoms with van der Waals surface area (Å²) in [7, 11) is 1.71. The average molecular weight is 352 g/mol. The van der Waals surface area contributed by atoms with Crippen molar-refractivity contribution in [2.45, 2.75) is 32.1 Å². The molecule has 0 saturated carbocycles. The fraction of sp³-hybridized carbons (Fsp3) is 0.412. The van der Waals surface area contributed by atoms with E-state index in [0.29, 0.717) is 16.9 Å². The second-order valence-electron chi connectivity index (χ2n) is 6.44. The van der Waals surface area contributed by atoms with Crippen molar-refractivity contribution < 1.29 is 18.0 Å². The van der Waals surface area contributed by atoms with Crippen LogP contribution in [0.25, 0.3) is 0 Å². The molecule has 1 unspecified atom stereocenters. The highest BCUT2D eigenvalue weighted by molar-refractivity contribution is 6.01. The molecule has 2 aromatic rings. The van der Waals surface area contributed by atoms with Crippen LogP contribution in [0.3, 0.4) is 0 Å². The summed E-state index contributed by atoms with van der Waals surface area (Å²) in [4.78, 5) is 13.5. The number of anilines is 1. The molecule has 0 bridgehead atoms. The Bertz CT molecular complexity index is 797. The van der Waals surface area contributed by atoms with Gasteiger partial charge in [0.1, 0.15) is 12.7 Å². The lowest BCUT2D eigenvalue weighted by molar-refractivity contribution is -0.144. The van der Waals surface area contributed by atoms with Gasteiger partial charge < -0.3 is 10.2 Å². The van der Waals surface area contributed by atoms with Crippen molar-refractivity contribution in [3.05, 3.63) is 47.3 Å². The predicted molar refractivity (Wildman–Crippen MR) is 87.2 cm³/mol. The van der Waals surface area contributed by atoms with Crippen LogP contribution >= 0.6 is 0 Å². The Morgan fingerprint density at radius 3 is 2.60 bits per heavy atom. The van der Waals surface area contributed by atoms with Gasteiger partial charge in [0, 0.05) is 24.5 Å². The molecule has 5 nitrogen and oxygen atoms in total. The number of hydrogen-bond donors (Lipinski definition) is 1. The first kappa shape index (κ1) is 17.3. The number of aryl methyl sites for hydroxylation is 1. The molecule has 3 rings (SSSR count). The molecular formula is C17H19F3N4O. The number of carbonyl (C=O) groups is 1. The summed E-state index contributed by atoms with van der Waals surface area (Å²) in [5, 5.41) is 7.43. The molecule has 1 aromatic carbocycles. The van der Waals surface area contributed by atoms with E-state index in [4.69, 9.17) is 0 Å². The molecule has 1 amide bonds. The molecule has 25 heavy (non-hydrogen) atoms. The number of para-hydroxylation sites is 1. The number of amides is 1. The number of benzene rings is 1. The lowest BCUT2D eigenvalue weighted by Crippen LogP contribution is -2.47. The maximum atomic E-state index is 13.1. The first-order valence-corrected chi connectivity index (χ1v) is 7.94. The molecule has 1 atom stereocenters. The topological polar surface area (TPSA) is 50.2 Å². The second kappa shape index (κ2) is 6.09. The van der Waals surface area contributed by atoms with E-state index in [1.165, 1.54) is 6.07 Å². The molecule has 1 aliphatic heterocycles. The monoisotopic (exact) mass is 352 g/mol. The average Bonchev–Trinajstić information content (AvgIpc) is 2.91. The van der Waals surface area contributed by atoms with Gasteiger partial charge in [-0.05, 0) is 18.1 Å². The number of rotatable bonds is 3. The second-order valence-corrected chi connectivity index (χ2v) is 6.44. The quantitative estimate of drug-likeness (QED) is 0.917. The lowest BCUT2D eigenvalue weighted by Gasteiger charge is -2.38. The van der Waals surface area contributed by atoms with Crippen molar-refractivity contribution >= 4 is 11.6 Å². The largest absolute Gasteiger partial charge is 0.406 e. The minimum Gasteiger partial charge on any atom is -0.361 e. The minimum absolute atomic E-state index is 0.0120. The molecule has 0 radical (unpaired) electrons. The third kappa shape index (κ3) is 3.33. The Morgan fingerprint density at radius 2 is 1.96 bits per heavy atom. The zero-order chi connectivity index (χ0) is 18.4. The molecule has 0 fully saturated rings. The van der Waals surface area contributed by atoms with E-state index in [0.717, 1.165) is 4.90 Å². The molecule has 0 aliphatic carbocycles. The molecule has 0 saturated heterocycles. The van der Waals surface area contributed by atoms with Crippen LogP contribution in [0.5, 0.6) is 0 Å². The molecule has 1 aliphatic rings. The number of aromatic nitrogens is 2. The van der Waals surface area contributed by atoms with E-state index >= 15 is 0 Å². The van der Waals surface area contributed by atoms with E-state index in [2.05, 4.69) is 10.4 Å². The van der Waals surface area contributed by atoms with Gasteiger partial charge in [0.05, 0.1) is 11.3 Å². The van der Waals surface area contributed by atoms with E-state index in [9.17, 15) is 18.0 Å². The van der Waals surface area contributed by atoms with Gasteiger partial charge in [0.2, 0.25) is 0 Å². The van der Waals surface area contributed by atoms with Gasteiger partial charge in [0.25, 0.3) is 5.91 Å². The van der Waals surface area contributed by atoms with Gasteiger partial charge in [-0.3, -0.25) is 9.48 Å². The van der Waals surface area contributed by atoms with E-state index in [-0.39, 0.29) is 11.5 Å². The zero-order valence-electron chi connectivity index (χ0n) is 14.1. The van der Waals surface area contributed by atoms with Crippen molar-refractivity contribution in [3.8, 4) is 0 Å². The standard InChI is InChI=1S/C17H19F3N4O/c1-10(2)14-12(8-23(3)22-14)15-21-13-7-5-4-6-11(13)16(25)24(15)9-17(18,19)20/h4-8,10,15,21H,9H2,1-3H3. The third-order valence-electron chi connectivity index (χ3n) is 4.10. The van der Waals surface area contributed by atoms with Gasteiger partial charge in [-0.2, -0.15) is 18.3 Å². The Morgan fingerprint density at radius 1 is 1.28 bits per heavy atom. The number of halogens is 3. The van der Waals surface area contributed by atoms with Gasteiger partial charge >= 0.3 is 6.18 Å². The van der Waals surface area contributed by atoms with Crippen molar-refractivity contribution in [2.75, 3.05) is 11.9 Å². The van der Waals surface area contributed by atoms with Crippen LogP contribution in [0.15, 0.2) is 30.5 Å². The number of alkyl halides is 3. The number of nitrogens with one attached hydrogen (secondary N) is 1. The molecule has 1 aromatic heterocycles. The molecular weight excluding hydrogens is 333 g/mol. The van der Waals surface area contributed by atoms with Gasteiger partial charge in [-0.15, -0.1) is 0 Å². The van der Waals surface area contributed by atoms with Crippen molar-refractivity contribution in [2.24, 2.45) is 7.05 Å². The first-order chi connectivity index (χ1) is 11.7. The molecule has 2 heterocycles. The summed E-state index contributed by atoms with van der Waals surface area (Å²) in [5.74, 6) is -0.631. The third-order valence-corrected chi connectivity index (χ3v) is 4.10. The number of carbonyl (C=O) groups excluding carboxylic acids is 1. The fourth-order valence-corrected chi connectivity index (χ4v) is 3.08. The Hall–Kier alpha value is -2.51. The van der Waals surface area contributed by atoms with Crippen LogP contribution in [0.4, 0.5) is 18.9 Å². The van der Waals surface area contributed by atoms with Crippen LogP contribution in [0.1, 0.15) is 47.5 Å². The van der Waals surface area contributed by atoms with Crippen LogP contribution in [-0.2, 0) is 7.05 Å². The SMILES string of the molecule is CC(C)c1nn(C)cc1C1Nc2ccccc2C(=O)N1CC(F)(F)F. The van der Waals surface area contributed by atoms with Crippen molar-refractivity contribution in [1.82, 2.24) is 14.7 Å². The fourth-order valence-electron chi connectivity index (χ4n) is 3.08. The van der Waals surface area contributed by atoms with Crippen LogP contribution < -0.4 is 5.32 Å². The van der Waals surface area contributed by atoms with E-state index in [1.807, 2.05) is 13.8 Å². The molecule has 8 heteroatoms. The van der Waals surface area contributed by atoms with Gasteiger partial charge in [-0.1, -0.05) is 26.0 Å². The van der Waals surface area contributed by atoms with E-state index < -0.39 is 24.8 Å². The van der Waals surface area contributed by atoms with Crippen LogP contribution in [0, 0.1) is 0 Å². The molecule has 1 N–H and O–H groups in total. The number of nitrogens with zero attached hydrogens (tertiary/aromatic N) is 3. The Balaban J connectivity index is 2.11. The minimum atomic E-state index is -4.50. The maximum absolute atomic E-state index is 13.1. The van der Waals surface area contributed by atoms with Crippen LogP contribution in [0.2, 0.25) is 0 Å². The summed E-state index contributed by atoms with van der Waals surface area (Å²) in [6, 6.07) is 6.59. The lowest BCUT2D eigenvalue weighted by atomic mass is 10.00.